The first-order valence-corrected chi connectivity index (χ1v) is 7.24. The van der Waals surface area contributed by atoms with Crippen molar-refractivity contribution in [1.29, 1.82) is 0 Å². The predicted molar refractivity (Wildman–Crippen MR) is 87.5 cm³/mol. The van der Waals surface area contributed by atoms with Crippen LogP contribution in [0.25, 0.3) is 11.1 Å². The minimum Gasteiger partial charge on any atom is -0.364 e. The summed E-state index contributed by atoms with van der Waals surface area (Å²) in [5.74, 6) is 0.840. The maximum Gasteiger partial charge on any atom is 0.148 e. The Morgan fingerprint density at radius 3 is 2.77 bits per heavy atom. The van der Waals surface area contributed by atoms with Crippen LogP contribution < -0.4 is 5.32 Å². The fourth-order valence-electron chi connectivity index (χ4n) is 2.32. The normalized spacial score (nSPS) is 10.7. The summed E-state index contributed by atoms with van der Waals surface area (Å²) in [5.41, 5.74) is 5.31. The highest BCUT2D eigenvalue weighted by molar-refractivity contribution is 5.62. The largest absolute Gasteiger partial charge is 0.364 e. The molecule has 1 N–H and O–H groups in total. The van der Waals surface area contributed by atoms with Crippen LogP contribution in [0.2, 0.25) is 0 Å². The van der Waals surface area contributed by atoms with E-state index in [1.165, 1.54) is 11.1 Å². The molecule has 0 radical (unpaired) electrons. The first-order valence-electron chi connectivity index (χ1n) is 7.24. The molecule has 22 heavy (non-hydrogen) atoms. The predicted octanol–water partition coefficient (Wildman–Crippen LogP) is 3.11. The number of hydrogen-bond acceptors (Lipinski definition) is 4. The van der Waals surface area contributed by atoms with Crippen LogP contribution in [0.5, 0.6) is 0 Å². The van der Waals surface area contributed by atoms with Crippen LogP contribution in [-0.4, -0.2) is 19.7 Å². The maximum atomic E-state index is 4.48. The maximum absolute atomic E-state index is 4.48. The van der Waals surface area contributed by atoms with Gasteiger partial charge in [-0.15, -0.1) is 0 Å². The van der Waals surface area contributed by atoms with Crippen LogP contribution in [0, 0.1) is 13.8 Å². The fraction of sp³-hybridized carbons (Fsp3) is 0.235. The monoisotopic (exact) mass is 293 g/mol. The molecular formula is C17H19N5. The van der Waals surface area contributed by atoms with Gasteiger partial charge in [-0.3, -0.25) is 9.67 Å². The van der Waals surface area contributed by atoms with Gasteiger partial charge in [-0.2, -0.15) is 5.10 Å². The van der Waals surface area contributed by atoms with E-state index in [-0.39, 0.29) is 0 Å². The molecule has 0 aliphatic heterocycles. The molecule has 0 amide bonds. The number of anilines is 1. The van der Waals surface area contributed by atoms with Crippen molar-refractivity contribution in [2.45, 2.75) is 20.4 Å². The van der Waals surface area contributed by atoms with Crippen molar-refractivity contribution in [2.24, 2.45) is 7.05 Å². The minimum absolute atomic E-state index is 0.715. The first kappa shape index (κ1) is 14.3. The van der Waals surface area contributed by atoms with Crippen LogP contribution in [0.1, 0.15) is 17.0 Å². The van der Waals surface area contributed by atoms with Crippen LogP contribution in [0.4, 0.5) is 5.82 Å². The third kappa shape index (κ3) is 3.14. The molecule has 0 atom stereocenters. The molecule has 0 spiro atoms. The summed E-state index contributed by atoms with van der Waals surface area (Å²) in [5, 5.41) is 7.58. The molecule has 0 bridgehead atoms. The van der Waals surface area contributed by atoms with E-state index in [0.29, 0.717) is 6.54 Å². The molecule has 5 heteroatoms. The molecule has 112 valence electrons. The van der Waals surface area contributed by atoms with E-state index in [1.54, 1.807) is 6.20 Å². The van der Waals surface area contributed by atoms with Gasteiger partial charge in [-0.05, 0) is 31.0 Å². The summed E-state index contributed by atoms with van der Waals surface area (Å²) >= 11 is 0. The van der Waals surface area contributed by atoms with Gasteiger partial charge in [0.15, 0.2) is 0 Å². The van der Waals surface area contributed by atoms with Gasteiger partial charge in [0.1, 0.15) is 5.82 Å². The first-order chi connectivity index (χ1) is 10.6. The van der Waals surface area contributed by atoms with E-state index in [1.807, 2.05) is 38.0 Å². The summed E-state index contributed by atoms with van der Waals surface area (Å²) in [4.78, 5) is 8.81. The Hall–Kier alpha value is -2.69. The van der Waals surface area contributed by atoms with Gasteiger partial charge < -0.3 is 5.32 Å². The second-order valence-electron chi connectivity index (χ2n) is 5.40. The van der Waals surface area contributed by atoms with E-state index in [4.69, 9.17) is 0 Å². The van der Waals surface area contributed by atoms with Crippen LogP contribution in [-0.2, 0) is 13.6 Å². The van der Waals surface area contributed by atoms with Gasteiger partial charge in [0.05, 0.1) is 17.6 Å². The Kier molecular flexibility index (Phi) is 3.87. The van der Waals surface area contributed by atoms with Crippen molar-refractivity contribution < 1.29 is 0 Å². The highest BCUT2D eigenvalue weighted by Crippen LogP contribution is 2.20. The molecule has 2 aromatic heterocycles. The number of benzene rings is 1. The van der Waals surface area contributed by atoms with Gasteiger partial charge in [0.2, 0.25) is 0 Å². The van der Waals surface area contributed by atoms with E-state index in [2.05, 4.69) is 44.6 Å². The molecule has 2 heterocycles. The van der Waals surface area contributed by atoms with E-state index < -0.39 is 0 Å². The summed E-state index contributed by atoms with van der Waals surface area (Å²) < 4.78 is 1.81. The second-order valence-corrected chi connectivity index (χ2v) is 5.40. The summed E-state index contributed by atoms with van der Waals surface area (Å²) in [6.45, 7) is 4.62. The molecule has 0 saturated heterocycles. The Morgan fingerprint density at radius 1 is 1.14 bits per heavy atom. The van der Waals surface area contributed by atoms with Crippen molar-refractivity contribution in [3.05, 3.63) is 59.8 Å². The minimum atomic E-state index is 0.715. The summed E-state index contributed by atoms with van der Waals surface area (Å²) in [6.07, 6.45) is 5.68. The Morgan fingerprint density at radius 2 is 2.00 bits per heavy atom. The second kappa shape index (κ2) is 5.97. The molecule has 3 aromatic rings. The Bertz CT molecular complexity index is 791. The standard InChI is InChI=1S/C17H19N5/c1-12-8-18-13(2)17(21-12)19-9-14-5-4-6-15(7-14)16-10-20-22(3)11-16/h4-8,10-11H,9H2,1-3H3,(H,19,21). The van der Waals surface area contributed by atoms with Gasteiger partial charge >= 0.3 is 0 Å². The smallest absolute Gasteiger partial charge is 0.148 e. The van der Waals surface area contributed by atoms with Crippen molar-refractivity contribution >= 4 is 5.82 Å². The third-order valence-electron chi connectivity index (χ3n) is 3.50. The van der Waals surface area contributed by atoms with Crippen LogP contribution in [0.15, 0.2) is 42.9 Å². The van der Waals surface area contributed by atoms with Crippen molar-refractivity contribution in [3.8, 4) is 11.1 Å². The molecule has 0 saturated carbocycles. The Balaban J connectivity index is 1.77. The van der Waals surface area contributed by atoms with E-state index in [0.717, 1.165) is 22.8 Å². The molecular weight excluding hydrogens is 274 g/mol. The lowest BCUT2D eigenvalue weighted by molar-refractivity contribution is 0.768. The average Bonchev–Trinajstić information content (AvgIpc) is 2.95. The molecule has 0 unspecified atom stereocenters. The molecule has 0 aliphatic carbocycles. The average molecular weight is 293 g/mol. The van der Waals surface area contributed by atoms with Crippen molar-refractivity contribution in [3.63, 3.8) is 0 Å². The highest BCUT2D eigenvalue weighted by Gasteiger charge is 2.04. The molecule has 0 aliphatic rings. The van der Waals surface area contributed by atoms with Crippen molar-refractivity contribution in [1.82, 2.24) is 19.7 Å². The van der Waals surface area contributed by atoms with Gasteiger partial charge in [-0.25, -0.2) is 4.98 Å². The summed E-state index contributed by atoms with van der Waals surface area (Å²) in [7, 11) is 1.92. The molecule has 5 nitrogen and oxygen atoms in total. The van der Waals surface area contributed by atoms with Crippen molar-refractivity contribution in [2.75, 3.05) is 5.32 Å². The lowest BCUT2D eigenvalue weighted by Gasteiger charge is -2.09. The Labute approximate surface area is 130 Å². The zero-order valence-corrected chi connectivity index (χ0v) is 13.0. The topological polar surface area (TPSA) is 55.6 Å². The fourth-order valence-corrected chi connectivity index (χ4v) is 2.32. The quantitative estimate of drug-likeness (QED) is 0.803. The molecule has 3 rings (SSSR count). The van der Waals surface area contributed by atoms with Crippen LogP contribution in [0.3, 0.4) is 0 Å². The number of aryl methyl sites for hydroxylation is 3. The number of nitrogens with zero attached hydrogens (tertiary/aromatic N) is 4. The molecule has 1 aromatic carbocycles. The lowest BCUT2D eigenvalue weighted by Crippen LogP contribution is -2.05. The highest BCUT2D eigenvalue weighted by atomic mass is 15.2. The number of aromatic nitrogens is 4. The zero-order valence-electron chi connectivity index (χ0n) is 13.0. The van der Waals surface area contributed by atoms with Crippen LogP contribution >= 0.6 is 0 Å². The number of nitrogens with one attached hydrogen (secondary N) is 1. The SMILES string of the molecule is Cc1cnc(C)c(NCc2cccc(-c3cnn(C)c3)c2)n1. The zero-order chi connectivity index (χ0) is 15.5. The van der Waals surface area contributed by atoms with Gasteiger partial charge in [0.25, 0.3) is 0 Å². The van der Waals surface area contributed by atoms with Gasteiger partial charge in [-0.1, -0.05) is 18.2 Å². The number of rotatable bonds is 4. The van der Waals surface area contributed by atoms with E-state index >= 15 is 0 Å². The van der Waals surface area contributed by atoms with Gasteiger partial charge in [0, 0.05) is 31.5 Å². The van der Waals surface area contributed by atoms with E-state index in [9.17, 15) is 0 Å². The molecule has 0 fully saturated rings. The summed E-state index contributed by atoms with van der Waals surface area (Å²) in [6, 6.07) is 8.43. The third-order valence-corrected chi connectivity index (χ3v) is 3.50. The lowest BCUT2D eigenvalue weighted by atomic mass is 10.1. The number of hydrogen-bond donors (Lipinski definition) is 1.